The number of carbonyl (C=O) groups is 2. The number of aromatic carboxylic acids is 1. The zero-order chi connectivity index (χ0) is 34.7. The van der Waals surface area contributed by atoms with E-state index < -0.39 is 18.0 Å². The first-order valence-electron chi connectivity index (χ1n) is 15.9. The Morgan fingerprint density at radius 3 is 2.33 bits per heavy atom. The van der Waals surface area contributed by atoms with Gasteiger partial charge in [-0.15, -0.1) is 0 Å². The first-order valence-corrected chi connectivity index (χ1v) is 16.7. The maximum absolute atomic E-state index is 13.9. The van der Waals surface area contributed by atoms with Crippen molar-refractivity contribution in [2.45, 2.75) is 37.8 Å². The molecule has 13 heteroatoms. The summed E-state index contributed by atoms with van der Waals surface area (Å²) in [5.74, 6) is -0.969. The van der Waals surface area contributed by atoms with E-state index in [2.05, 4.69) is 4.90 Å². The second-order valence-corrected chi connectivity index (χ2v) is 13.0. The van der Waals surface area contributed by atoms with Crippen LogP contribution in [0.1, 0.15) is 51.6 Å². The van der Waals surface area contributed by atoms with Crippen molar-refractivity contribution in [2.24, 2.45) is 5.92 Å². The van der Waals surface area contributed by atoms with E-state index in [4.69, 9.17) is 42.4 Å². The van der Waals surface area contributed by atoms with E-state index in [1.807, 2.05) is 30.3 Å². The molecule has 11 nitrogen and oxygen atoms in total. The third kappa shape index (κ3) is 7.54. The van der Waals surface area contributed by atoms with Crippen LogP contribution in [0.5, 0.6) is 11.5 Å². The average molecular weight is 708 g/mol. The number of anilines is 1. The number of benzene rings is 2. The molecular formula is C36H36Cl2N4O7. The number of piperidine rings is 3. The van der Waals surface area contributed by atoms with Crippen LogP contribution in [-0.4, -0.2) is 67.1 Å². The van der Waals surface area contributed by atoms with E-state index in [9.17, 15) is 19.9 Å². The van der Waals surface area contributed by atoms with E-state index in [1.165, 1.54) is 37.6 Å². The lowest BCUT2D eigenvalue weighted by Crippen LogP contribution is -2.53. The lowest BCUT2D eigenvalue weighted by molar-refractivity contribution is -0.904. The molecule has 3 saturated heterocycles. The van der Waals surface area contributed by atoms with Gasteiger partial charge in [0.2, 0.25) is 12.4 Å². The molecule has 1 N–H and O–H groups in total. The number of rotatable bonds is 11. The van der Waals surface area contributed by atoms with E-state index in [0.29, 0.717) is 46.5 Å². The maximum Gasteiger partial charge on any atom is 0.414 e. The third-order valence-corrected chi connectivity index (χ3v) is 9.93. The van der Waals surface area contributed by atoms with Crippen molar-refractivity contribution in [1.82, 2.24) is 9.88 Å². The number of hydrogen-bond donors (Lipinski definition) is 1. The second kappa shape index (κ2) is 14.9. The SMILES string of the molecule is COc1ccc([C@H](Cc2c(Cl)c[n+](O)cc2Cl)c2nc(CN(C(=O)O[C@H]3CN4CCC3CC4)c3ccccc3)ccc2C(=O)[O-])cc1OC. The number of carboxylic acids is 1. The Labute approximate surface area is 294 Å². The highest BCUT2D eigenvalue weighted by atomic mass is 35.5. The lowest BCUT2D eigenvalue weighted by atomic mass is 9.86. The van der Waals surface area contributed by atoms with Crippen LogP contribution in [-0.2, 0) is 17.7 Å². The number of amides is 1. The molecule has 2 aromatic carbocycles. The van der Waals surface area contributed by atoms with Gasteiger partial charge in [0.1, 0.15) is 16.1 Å². The fourth-order valence-electron chi connectivity index (χ4n) is 6.69. The molecule has 0 radical (unpaired) electrons. The van der Waals surface area contributed by atoms with Gasteiger partial charge in [0.15, 0.2) is 11.5 Å². The predicted octanol–water partition coefficient (Wildman–Crippen LogP) is 4.91. The number of para-hydroxylation sites is 1. The van der Waals surface area contributed by atoms with Crippen molar-refractivity contribution >= 4 is 41.0 Å². The van der Waals surface area contributed by atoms with Crippen LogP contribution in [0, 0.1) is 5.92 Å². The van der Waals surface area contributed by atoms with E-state index in [1.54, 1.807) is 24.3 Å². The van der Waals surface area contributed by atoms with Crippen molar-refractivity contribution in [3.05, 3.63) is 111 Å². The van der Waals surface area contributed by atoms with Gasteiger partial charge in [-0.3, -0.25) is 20.0 Å². The number of methoxy groups -OCH3 is 2. The zero-order valence-electron chi connectivity index (χ0n) is 27.1. The Morgan fingerprint density at radius 1 is 1.02 bits per heavy atom. The van der Waals surface area contributed by atoms with Crippen molar-refractivity contribution < 1.29 is 38.8 Å². The Morgan fingerprint density at radius 2 is 1.71 bits per heavy atom. The van der Waals surface area contributed by atoms with Gasteiger partial charge in [0, 0.05) is 34.0 Å². The van der Waals surface area contributed by atoms with Crippen LogP contribution < -0.4 is 24.2 Å². The van der Waals surface area contributed by atoms with Crippen LogP contribution in [0.4, 0.5) is 10.5 Å². The monoisotopic (exact) mass is 706 g/mol. The molecule has 0 spiro atoms. The molecule has 7 rings (SSSR count). The van der Waals surface area contributed by atoms with Gasteiger partial charge < -0.3 is 24.1 Å². The number of nitrogens with zero attached hydrogens (tertiary/aromatic N) is 4. The topological polar surface area (TPSA) is 128 Å². The number of aromatic nitrogens is 2. The summed E-state index contributed by atoms with van der Waals surface area (Å²) in [6, 6.07) is 17.4. The zero-order valence-corrected chi connectivity index (χ0v) is 28.6. The molecule has 3 fully saturated rings. The summed E-state index contributed by atoms with van der Waals surface area (Å²) in [5, 5.41) is 22.9. The molecule has 1 amide bonds. The van der Waals surface area contributed by atoms with Crippen molar-refractivity contribution in [2.75, 3.05) is 38.8 Å². The number of hydrogen-bond acceptors (Lipinski definition) is 9. The van der Waals surface area contributed by atoms with Crippen molar-refractivity contribution in [3.63, 3.8) is 0 Å². The number of carboxylic acid groups (broad SMARTS) is 1. The first kappa shape index (κ1) is 34.3. The molecule has 3 aliphatic heterocycles. The van der Waals surface area contributed by atoms with Crippen LogP contribution in [0.15, 0.2) is 73.1 Å². The Bertz CT molecular complexity index is 1810. The van der Waals surface area contributed by atoms with Gasteiger partial charge in [-0.1, -0.05) is 47.5 Å². The predicted molar refractivity (Wildman–Crippen MR) is 180 cm³/mol. The quantitative estimate of drug-likeness (QED) is 0.171. The molecular weight excluding hydrogens is 671 g/mol. The smallest absolute Gasteiger partial charge is 0.414 e. The number of ether oxygens (including phenoxy) is 3. The normalized spacial score (nSPS) is 18.8. The minimum absolute atomic E-state index is 0.000288. The average Bonchev–Trinajstić information content (AvgIpc) is 3.10. The highest BCUT2D eigenvalue weighted by molar-refractivity contribution is 6.35. The summed E-state index contributed by atoms with van der Waals surface area (Å²) in [4.78, 5) is 35.2. The highest BCUT2D eigenvalue weighted by Gasteiger charge is 2.37. The number of pyridine rings is 2. The lowest BCUT2D eigenvalue weighted by Gasteiger charge is -2.44. The van der Waals surface area contributed by atoms with Gasteiger partial charge in [0.05, 0.1) is 38.1 Å². The molecule has 2 aromatic heterocycles. The number of fused-ring (bicyclic) bond motifs is 3. The van der Waals surface area contributed by atoms with Crippen LogP contribution in [0.3, 0.4) is 0 Å². The second-order valence-electron chi connectivity index (χ2n) is 12.2. The van der Waals surface area contributed by atoms with E-state index in [0.717, 1.165) is 30.7 Å². The summed E-state index contributed by atoms with van der Waals surface area (Å²) in [7, 11) is 3.02. The minimum atomic E-state index is -1.43. The molecule has 4 aromatic rings. The molecule has 0 unspecified atom stereocenters. The van der Waals surface area contributed by atoms with Gasteiger partial charge in [-0.25, -0.2) is 4.79 Å². The van der Waals surface area contributed by atoms with Crippen LogP contribution in [0.2, 0.25) is 10.0 Å². The Hall–Kier alpha value is -4.58. The van der Waals surface area contributed by atoms with Gasteiger partial charge >= 0.3 is 6.09 Å². The van der Waals surface area contributed by atoms with Crippen molar-refractivity contribution in [3.8, 4) is 11.5 Å². The molecule has 0 aliphatic carbocycles. The largest absolute Gasteiger partial charge is 0.545 e. The Kier molecular flexibility index (Phi) is 10.4. The molecule has 2 atom stereocenters. The van der Waals surface area contributed by atoms with Gasteiger partial charge in [-0.05, 0) is 80.2 Å². The van der Waals surface area contributed by atoms with Crippen molar-refractivity contribution in [1.29, 1.82) is 0 Å². The van der Waals surface area contributed by atoms with Crippen LogP contribution in [0.25, 0.3) is 0 Å². The molecule has 256 valence electrons. The highest BCUT2D eigenvalue weighted by Crippen LogP contribution is 2.38. The molecule has 3 aliphatic rings. The van der Waals surface area contributed by atoms with E-state index >= 15 is 0 Å². The summed E-state index contributed by atoms with van der Waals surface area (Å²) in [6.07, 6.45) is 3.93. The van der Waals surface area contributed by atoms with Gasteiger partial charge in [0.25, 0.3) is 0 Å². The maximum atomic E-state index is 13.9. The summed E-state index contributed by atoms with van der Waals surface area (Å²) in [6.45, 7) is 2.73. The summed E-state index contributed by atoms with van der Waals surface area (Å²) >= 11 is 13.1. The molecule has 49 heavy (non-hydrogen) atoms. The molecule has 2 bridgehead atoms. The standard InChI is InChI=1S/C36H36Cl2N4O7/c1-47-31-11-8-23(16-32(31)48-2)27(17-28-29(37)19-41(46)20-30(28)38)34-26(35(43)44)10-9-24(39-34)18-42(25-6-4-3-5-7-25)36(45)49-33-21-40-14-12-22(33)13-15-40/h3-11,16,19-20,22,27,33H,12-15,17-18,21H2,1-2H3,(H-,43,44,46)/t27-,33-/m0/s1. The van der Waals surface area contributed by atoms with Crippen LogP contribution >= 0.6 is 23.2 Å². The fourth-order valence-corrected chi connectivity index (χ4v) is 7.30. The number of halogens is 2. The van der Waals surface area contributed by atoms with E-state index in [-0.39, 0.29) is 40.4 Å². The van der Waals surface area contributed by atoms with Gasteiger partial charge in [-0.2, -0.15) is 0 Å². The molecule has 0 saturated carbocycles. The Balaban J connectivity index is 1.41. The summed E-state index contributed by atoms with van der Waals surface area (Å²) in [5.41, 5.74) is 2.12. The number of carbonyl (C=O) groups excluding carboxylic acids is 2. The minimum Gasteiger partial charge on any atom is -0.545 e. The molecule has 5 heterocycles. The summed E-state index contributed by atoms with van der Waals surface area (Å²) < 4.78 is 17.9. The fraction of sp³-hybridized carbons (Fsp3) is 0.333. The first-order chi connectivity index (χ1) is 23.6. The third-order valence-electron chi connectivity index (χ3n) is 9.28.